The minimum atomic E-state index is 0.297. The first-order valence-corrected chi connectivity index (χ1v) is 5.89. The molecular weight excluding hydrogens is 196 g/mol. The highest BCUT2D eigenvalue weighted by Crippen LogP contribution is 2.17. The van der Waals surface area contributed by atoms with E-state index in [1.165, 1.54) is 16.3 Å². The van der Waals surface area contributed by atoms with Crippen LogP contribution in [0, 0.1) is 0 Å². The second-order valence-corrected chi connectivity index (χ2v) is 4.15. The highest BCUT2D eigenvalue weighted by molar-refractivity contribution is 5.82. The minimum absolute atomic E-state index is 0.297. The molecule has 1 nitrogen and oxygen atoms in total. The molecule has 0 aliphatic heterocycles. The lowest BCUT2D eigenvalue weighted by molar-refractivity contribution is 0.0768. The summed E-state index contributed by atoms with van der Waals surface area (Å²) in [6.07, 6.45) is 1.28. The van der Waals surface area contributed by atoms with Crippen molar-refractivity contribution in [2.75, 3.05) is 6.61 Å². The van der Waals surface area contributed by atoms with Crippen LogP contribution in [0.5, 0.6) is 0 Å². The fraction of sp³-hybridized carbons (Fsp3) is 0.333. The van der Waals surface area contributed by atoms with Crippen molar-refractivity contribution in [2.24, 2.45) is 0 Å². The molecule has 0 heterocycles. The largest absolute Gasteiger partial charge is 0.378 e. The third kappa shape index (κ3) is 2.61. The van der Waals surface area contributed by atoms with Gasteiger partial charge in [-0.2, -0.15) is 0 Å². The summed E-state index contributed by atoms with van der Waals surface area (Å²) in [6, 6.07) is 15.1. The molecule has 0 fully saturated rings. The van der Waals surface area contributed by atoms with E-state index < -0.39 is 0 Å². The zero-order valence-corrected chi connectivity index (χ0v) is 9.94. The summed E-state index contributed by atoms with van der Waals surface area (Å²) in [7, 11) is 0. The molecule has 0 spiro atoms. The molecule has 0 aliphatic carbocycles. The van der Waals surface area contributed by atoms with E-state index in [4.69, 9.17) is 4.74 Å². The van der Waals surface area contributed by atoms with Crippen LogP contribution in [0.15, 0.2) is 42.5 Å². The van der Waals surface area contributed by atoms with Gasteiger partial charge in [-0.05, 0) is 36.6 Å². The summed E-state index contributed by atoms with van der Waals surface area (Å²) in [5.74, 6) is 0. The predicted octanol–water partition coefficient (Wildman–Crippen LogP) is 3.81. The van der Waals surface area contributed by atoms with E-state index in [2.05, 4.69) is 49.4 Å². The standard InChI is InChI=1S/C15H18O/c1-3-16-12(2)10-13-8-9-14-6-4-5-7-15(14)11-13/h4-9,11-12H,3,10H2,1-2H3. The maximum atomic E-state index is 5.56. The number of fused-ring (bicyclic) bond motifs is 1. The van der Waals surface area contributed by atoms with E-state index in [0.29, 0.717) is 6.10 Å². The molecule has 0 N–H and O–H groups in total. The van der Waals surface area contributed by atoms with Gasteiger partial charge >= 0.3 is 0 Å². The first-order valence-electron chi connectivity index (χ1n) is 5.89. The quantitative estimate of drug-likeness (QED) is 0.752. The average molecular weight is 214 g/mol. The van der Waals surface area contributed by atoms with E-state index in [-0.39, 0.29) is 0 Å². The highest BCUT2D eigenvalue weighted by atomic mass is 16.5. The van der Waals surface area contributed by atoms with Crippen molar-refractivity contribution < 1.29 is 4.74 Å². The van der Waals surface area contributed by atoms with Crippen LogP contribution in [0.4, 0.5) is 0 Å². The van der Waals surface area contributed by atoms with Gasteiger partial charge in [0.1, 0.15) is 0 Å². The molecule has 0 aliphatic rings. The number of rotatable bonds is 4. The summed E-state index contributed by atoms with van der Waals surface area (Å²) in [5, 5.41) is 2.61. The summed E-state index contributed by atoms with van der Waals surface area (Å²) in [5.41, 5.74) is 1.35. The molecule has 0 saturated heterocycles. The Bertz CT molecular complexity index is 462. The van der Waals surface area contributed by atoms with Crippen molar-refractivity contribution in [1.29, 1.82) is 0 Å². The first kappa shape index (κ1) is 11.2. The smallest absolute Gasteiger partial charge is 0.0587 e. The van der Waals surface area contributed by atoms with Crippen LogP contribution in [0.3, 0.4) is 0 Å². The zero-order chi connectivity index (χ0) is 11.4. The molecule has 2 aromatic rings. The first-order chi connectivity index (χ1) is 7.79. The molecule has 16 heavy (non-hydrogen) atoms. The number of hydrogen-bond acceptors (Lipinski definition) is 1. The molecule has 0 amide bonds. The summed E-state index contributed by atoms with van der Waals surface area (Å²) in [4.78, 5) is 0. The molecule has 0 aromatic heterocycles. The topological polar surface area (TPSA) is 9.23 Å². The van der Waals surface area contributed by atoms with E-state index >= 15 is 0 Å². The van der Waals surface area contributed by atoms with E-state index in [0.717, 1.165) is 13.0 Å². The van der Waals surface area contributed by atoms with Gasteiger partial charge in [-0.3, -0.25) is 0 Å². The van der Waals surface area contributed by atoms with Gasteiger partial charge in [0.25, 0.3) is 0 Å². The van der Waals surface area contributed by atoms with E-state index in [1.54, 1.807) is 0 Å². The van der Waals surface area contributed by atoms with E-state index in [9.17, 15) is 0 Å². The lowest BCUT2D eigenvalue weighted by atomic mass is 10.0. The van der Waals surface area contributed by atoms with Gasteiger partial charge in [0.2, 0.25) is 0 Å². The maximum absolute atomic E-state index is 5.56. The Morgan fingerprint density at radius 1 is 1.06 bits per heavy atom. The minimum Gasteiger partial charge on any atom is -0.378 e. The number of ether oxygens (including phenoxy) is 1. The molecule has 1 heteroatoms. The Hall–Kier alpha value is -1.34. The zero-order valence-electron chi connectivity index (χ0n) is 9.94. The Kier molecular flexibility index (Phi) is 3.58. The molecule has 2 rings (SSSR count). The van der Waals surface area contributed by atoms with Crippen molar-refractivity contribution in [3.8, 4) is 0 Å². The fourth-order valence-electron chi connectivity index (χ4n) is 2.04. The maximum Gasteiger partial charge on any atom is 0.0587 e. The highest BCUT2D eigenvalue weighted by Gasteiger charge is 2.03. The van der Waals surface area contributed by atoms with Crippen LogP contribution >= 0.6 is 0 Å². The van der Waals surface area contributed by atoms with Crippen LogP contribution in [0.2, 0.25) is 0 Å². The van der Waals surface area contributed by atoms with Gasteiger partial charge in [-0.15, -0.1) is 0 Å². The Morgan fingerprint density at radius 3 is 2.56 bits per heavy atom. The summed E-state index contributed by atoms with van der Waals surface area (Å²) in [6.45, 7) is 4.95. The third-order valence-corrected chi connectivity index (χ3v) is 2.79. The number of benzene rings is 2. The van der Waals surface area contributed by atoms with Crippen molar-refractivity contribution in [3.05, 3.63) is 48.0 Å². The molecule has 1 atom stereocenters. The average Bonchev–Trinajstić information content (AvgIpc) is 2.29. The molecule has 2 aromatic carbocycles. The monoisotopic (exact) mass is 214 g/mol. The van der Waals surface area contributed by atoms with Crippen molar-refractivity contribution in [1.82, 2.24) is 0 Å². The van der Waals surface area contributed by atoms with Gasteiger partial charge < -0.3 is 4.74 Å². The van der Waals surface area contributed by atoms with E-state index in [1.807, 2.05) is 6.92 Å². The van der Waals surface area contributed by atoms with Crippen LogP contribution < -0.4 is 0 Å². The van der Waals surface area contributed by atoms with Gasteiger partial charge in [-0.25, -0.2) is 0 Å². The predicted molar refractivity (Wildman–Crippen MR) is 68.7 cm³/mol. The van der Waals surface area contributed by atoms with Crippen LogP contribution in [0.1, 0.15) is 19.4 Å². The lowest BCUT2D eigenvalue weighted by Gasteiger charge is -2.11. The van der Waals surface area contributed by atoms with Gasteiger partial charge in [0.15, 0.2) is 0 Å². The Balaban J connectivity index is 2.19. The third-order valence-electron chi connectivity index (χ3n) is 2.79. The summed E-state index contributed by atoms with van der Waals surface area (Å²) < 4.78 is 5.56. The second kappa shape index (κ2) is 5.13. The van der Waals surface area contributed by atoms with Gasteiger partial charge in [0, 0.05) is 6.61 Å². The summed E-state index contributed by atoms with van der Waals surface area (Å²) >= 11 is 0. The molecule has 0 saturated carbocycles. The Labute approximate surface area is 97.1 Å². The lowest BCUT2D eigenvalue weighted by Crippen LogP contribution is -2.11. The Morgan fingerprint density at radius 2 is 1.81 bits per heavy atom. The normalized spacial score (nSPS) is 12.9. The van der Waals surface area contributed by atoms with Crippen LogP contribution in [-0.4, -0.2) is 12.7 Å². The van der Waals surface area contributed by atoms with Crippen molar-refractivity contribution in [2.45, 2.75) is 26.4 Å². The van der Waals surface area contributed by atoms with Crippen LogP contribution in [-0.2, 0) is 11.2 Å². The van der Waals surface area contributed by atoms with Crippen molar-refractivity contribution in [3.63, 3.8) is 0 Å². The van der Waals surface area contributed by atoms with Crippen LogP contribution in [0.25, 0.3) is 10.8 Å². The SMILES string of the molecule is CCOC(C)Cc1ccc2ccccc2c1. The molecule has 0 radical (unpaired) electrons. The fourth-order valence-corrected chi connectivity index (χ4v) is 2.04. The molecule has 0 bridgehead atoms. The van der Waals surface area contributed by atoms with Gasteiger partial charge in [0.05, 0.1) is 6.10 Å². The van der Waals surface area contributed by atoms with Crippen molar-refractivity contribution >= 4 is 10.8 Å². The molecular formula is C15H18O. The molecule has 84 valence electrons. The number of hydrogen-bond donors (Lipinski definition) is 0. The second-order valence-electron chi connectivity index (χ2n) is 4.15. The molecule has 1 unspecified atom stereocenters. The van der Waals surface area contributed by atoms with Gasteiger partial charge in [-0.1, -0.05) is 42.5 Å².